The van der Waals surface area contributed by atoms with Crippen molar-refractivity contribution in [2.24, 2.45) is 4.99 Å². The number of nitrogens with zero attached hydrogens (tertiary/aromatic N) is 2. The second kappa shape index (κ2) is 9.76. The number of benzene rings is 2. The van der Waals surface area contributed by atoms with Crippen molar-refractivity contribution in [2.75, 3.05) is 20.4 Å². The van der Waals surface area contributed by atoms with Crippen LogP contribution in [-0.2, 0) is 22.9 Å². The molecule has 2 aromatic rings. The number of rotatable bonds is 5. The Morgan fingerprint density at radius 3 is 2.12 bits per heavy atom. The first-order valence-electron chi connectivity index (χ1n) is 7.65. The standard InChI is InChI=1S/C18H23N3O2S.HI/c1-21(2)18(19-13-15-7-5-4-6-8-15)20-14-16-9-11-17(12-10-16)24(3,22)23;/h4-12H,13-14H2,1-3H3,(H,19,20);1H. The van der Waals surface area contributed by atoms with Gasteiger partial charge in [-0.15, -0.1) is 24.0 Å². The summed E-state index contributed by atoms with van der Waals surface area (Å²) in [5.74, 6) is 0.783. The van der Waals surface area contributed by atoms with Crippen molar-refractivity contribution in [2.45, 2.75) is 18.0 Å². The predicted molar refractivity (Wildman–Crippen MR) is 113 cm³/mol. The summed E-state index contributed by atoms with van der Waals surface area (Å²) < 4.78 is 23.0. The van der Waals surface area contributed by atoms with Gasteiger partial charge < -0.3 is 10.2 Å². The van der Waals surface area contributed by atoms with E-state index in [0.29, 0.717) is 18.0 Å². The van der Waals surface area contributed by atoms with Crippen molar-refractivity contribution in [3.8, 4) is 0 Å². The third-order valence-corrected chi connectivity index (χ3v) is 4.61. The molecule has 0 aliphatic heterocycles. The van der Waals surface area contributed by atoms with Gasteiger partial charge in [0.1, 0.15) is 0 Å². The van der Waals surface area contributed by atoms with E-state index >= 15 is 0 Å². The number of hydrogen-bond acceptors (Lipinski definition) is 3. The Hall–Kier alpha value is -1.61. The zero-order valence-electron chi connectivity index (χ0n) is 14.6. The van der Waals surface area contributed by atoms with E-state index in [0.717, 1.165) is 17.1 Å². The fourth-order valence-electron chi connectivity index (χ4n) is 2.14. The van der Waals surface area contributed by atoms with Crippen molar-refractivity contribution < 1.29 is 8.42 Å². The van der Waals surface area contributed by atoms with Crippen LogP contribution in [0.25, 0.3) is 0 Å². The van der Waals surface area contributed by atoms with E-state index in [1.54, 1.807) is 12.1 Å². The van der Waals surface area contributed by atoms with Crippen molar-refractivity contribution in [3.63, 3.8) is 0 Å². The average molecular weight is 473 g/mol. The van der Waals surface area contributed by atoms with Gasteiger partial charge >= 0.3 is 0 Å². The minimum Gasteiger partial charge on any atom is -0.352 e. The normalized spacial score (nSPS) is 11.6. The van der Waals surface area contributed by atoms with E-state index < -0.39 is 9.84 Å². The van der Waals surface area contributed by atoms with Crippen LogP contribution in [0, 0.1) is 0 Å². The van der Waals surface area contributed by atoms with Crippen LogP contribution < -0.4 is 5.32 Å². The third-order valence-electron chi connectivity index (χ3n) is 3.48. The Bertz CT molecular complexity index is 789. The molecule has 0 radical (unpaired) electrons. The number of halogens is 1. The van der Waals surface area contributed by atoms with E-state index in [2.05, 4.69) is 10.3 Å². The highest BCUT2D eigenvalue weighted by atomic mass is 127. The molecule has 0 amide bonds. The molecular formula is C18H24IN3O2S. The van der Waals surface area contributed by atoms with Crippen molar-refractivity contribution in [1.29, 1.82) is 0 Å². The summed E-state index contributed by atoms with van der Waals surface area (Å²) in [5.41, 5.74) is 2.15. The molecule has 25 heavy (non-hydrogen) atoms. The molecule has 2 rings (SSSR count). The highest BCUT2D eigenvalue weighted by molar-refractivity contribution is 14.0. The van der Waals surface area contributed by atoms with Crippen LogP contribution in [0.2, 0.25) is 0 Å². The summed E-state index contributed by atoms with van der Waals surface area (Å²) in [4.78, 5) is 6.86. The number of guanidine groups is 1. The minimum absolute atomic E-state index is 0. The van der Waals surface area contributed by atoms with E-state index in [-0.39, 0.29) is 24.0 Å². The topological polar surface area (TPSA) is 61.8 Å². The Labute approximate surface area is 167 Å². The smallest absolute Gasteiger partial charge is 0.194 e. The molecule has 0 spiro atoms. The minimum atomic E-state index is -3.16. The number of aliphatic imine (C=N–C) groups is 1. The Kier molecular flexibility index (Phi) is 8.37. The molecule has 1 N–H and O–H groups in total. The highest BCUT2D eigenvalue weighted by Gasteiger charge is 2.07. The fraction of sp³-hybridized carbons (Fsp3) is 0.278. The summed E-state index contributed by atoms with van der Waals surface area (Å²) in [6.45, 7) is 1.18. The van der Waals surface area contributed by atoms with Crippen LogP contribution in [-0.4, -0.2) is 39.6 Å². The summed E-state index contributed by atoms with van der Waals surface area (Å²) in [6, 6.07) is 16.9. The molecule has 0 aromatic heterocycles. The lowest BCUT2D eigenvalue weighted by Crippen LogP contribution is -2.36. The molecule has 0 saturated heterocycles. The Morgan fingerprint density at radius 1 is 1.00 bits per heavy atom. The molecule has 0 heterocycles. The molecule has 0 aliphatic rings. The SMILES string of the molecule is CN(C)C(=NCc1ccccc1)NCc1ccc(S(C)(=O)=O)cc1.I. The summed E-state index contributed by atoms with van der Waals surface area (Å²) >= 11 is 0. The molecule has 136 valence electrons. The zero-order valence-corrected chi connectivity index (χ0v) is 17.8. The monoisotopic (exact) mass is 473 g/mol. The van der Waals surface area contributed by atoms with Crippen LogP contribution in [0.5, 0.6) is 0 Å². The quantitative estimate of drug-likeness (QED) is 0.412. The summed E-state index contributed by atoms with van der Waals surface area (Å²) in [6.07, 6.45) is 1.21. The van der Waals surface area contributed by atoms with E-state index in [9.17, 15) is 8.42 Å². The lowest BCUT2D eigenvalue weighted by molar-refractivity contribution is 0.578. The van der Waals surface area contributed by atoms with Gasteiger partial charge in [0, 0.05) is 26.9 Å². The molecular weight excluding hydrogens is 449 g/mol. The van der Waals surface area contributed by atoms with Gasteiger partial charge in [-0.2, -0.15) is 0 Å². The van der Waals surface area contributed by atoms with Gasteiger partial charge in [-0.1, -0.05) is 42.5 Å². The average Bonchev–Trinajstić information content (AvgIpc) is 2.55. The lowest BCUT2D eigenvalue weighted by Gasteiger charge is -2.18. The third kappa shape index (κ3) is 7.03. The molecule has 0 aliphatic carbocycles. The van der Waals surface area contributed by atoms with Crippen molar-refractivity contribution in [1.82, 2.24) is 10.2 Å². The lowest BCUT2D eigenvalue weighted by atomic mass is 10.2. The molecule has 0 unspecified atom stereocenters. The van der Waals surface area contributed by atoms with Crippen molar-refractivity contribution in [3.05, 3.63) is 65.7 Å². The molecule has 2 aromatic carbocycles. The van der Waals surface area contributed by atoms with Crippen LogP contribution in [0.1, 0.15) is 11.1 Å². The first-order valence-corrected chi connectivity index (χ1v) is 9.54. The van der Waals surface area contributed by atoms with Crippen molar-refractivity contribution >= 4 is 39.8 Å². The van der Waals surface area contributed by atoms with Crippen LogP contribution in [0.15, 0.2) is 64.5 Å². The van der Waals surface area contributed by atoms with E-state index in [1.807, 2.05) is 61.5 Å². The second-order valence-corrected chi connectivity index (χ2v) is 7.81. The van der Waals surface area contributed by atoms with Crippen LogP contribution in [0.3, 0.4) is 0 Å². The Balaban J connectivity index is 0.00000312. The number of sulfone groups is 1. The highest BCUT2D eigenvalue weighted by Crippen LogP contribution is 2.10. The summed E-state index contributed by atoms with van der Waals surface area (Å²) in [7, 11) is 0.712. The van der Waals surface area contributed by atoms with E-state index in [4.69, 9.17) is 0 Å². The largest absolute Gasteiger partial charge is 0.352 e. The van der Waals surface area contributed by atoms with Gasteiger partial charge in [-0.3, -0.25) is 0 Å². The number of nitrogens with one attached hydrogen (secondary N) is 1. The molecule has 0 saturated carbocycles. The molecule has 0 fully saturated rings. The fourth-order valence-corrected chi connectivity index (χ4v) is 2.77. The van der Waals surface area contributed by atoms with Gasteiger partial charge in [-0.25, -0.2) is 13.4 Å². The number of hydrogen-bond donors (Lipinski definition) is 1. The van der Waals surface area contributed by atoms with Gasteiger partial charge in [0.05, 0.1) is 11.4 Å². The predicted octanol–water partition coefficient (Wildman–Crippen LogP) is 2.92. The van der Waals surface area contributed by atoms with Gasteiger partial charge in [-0.05, 0) is 23.3 Å². The Morgan fingerprint density at radius 2 is 1.60 bits per heavy atom. The maximum absolute atomic E-state index is 11.5. The molecule has 7 heteroatoms. The van der Waals surface area contributed by atoms with Crippen LogP contribution >= 0.6 is 24.0 Å². The maximum atomic E-state index is 11.5. The van der Waals surface area contributed by atoms with Crippen LogP contribution in [0.4, 0.5) is 0 Å². The van der Waals surface area contributed by atoms with Gasteiger partial charge in [0.15, 0.2) is 15.8 Å². The van der Waals surface area contributed by atoms with Gasteiger partial charge in [0.25, 0.3) is 0 Å². The first kappa shape index (κ1) is 21.4. The van der Waals surface area contributed by atoms with E-state index in [1.165, 1.54) is 6.26 Å². The molecule has 5 nitrogen and oxygen atoms in total. The second-order valence-electron chi connectivity index (χ2n) is 5.79. The van der Waals surface area contributed by atoms with Gasteiger partial charge in [0.2, 0.25) is 0 Å². The maximum Gasteiger partial charge on any atom is 0.194 e. The molecule has 0 atom stereocenters. The zero-order chi connectivity index (χ0) is 17.6. The molecule has 0 bridgehead atoms. The first-order chi connectivity index (χ1) is 11.4. The summed E-state index contributed by atoms with van der Waals surface area (Å²) in [5, 5.41) is 3.29.